The SMILES string of the molecule is CCCOc1ccc(CNC(C)C)c(OCCCSC)c1. The molecule has 0 heterocycles. The minimum Gasteiger partial charge on any atom is -0.493 e. The van der Waals surface area contributed by atoms with E-state index in [0.29, 0.717) is 6.04 Å². The summed E-state index contributed by atoms with van der Waals surface area (Å²) in [7, 11) is 0. The Labute approximate surface area is 133 Å². The van der Waals surface area contributed by atoms with Crippen LogP contribution in [0.1, 0.15) is 39.2 Å². The number of ether oxygens (including phenoxy) is 2. The molecule has 0 unspecified atom stereocenters. The number of benzene rings is 1. The maximum absolute atomic E-state index is 5.96. The second kappa shape index (κ2) is 10.8. The van der Waals surface area contributed by atoms with E-state index in [1.54, 1.807) is 0 Å². The van der Waals surface area contributed by atoms with Crippen LogP contribution in [0.15, 0.2) is 18.2 Å². The van der Waals surface area contributed by atoms with Crippen LogP contribution in [0.5, 0.6) is 11.5 Å². The molecule has 0 aliphatic heterocycles. The van der Waals surface area contributed by atoms with Crippen molar-refractivity contribution in [3.05, 3.63) is 23.8 Å². The standard InChI is InChI=1S/C17H29NO2S/c1-5-9-19-16-8-7-15(13-18-14(2)3)17(12-16)20-10-6-11-21-4/h7-8,12,14,18H,5-6,9-11,13H2,1-4H3. The normalized spacial score (nSPS) is 10.9. The van der Waals surface area contributed by atoms with Crippen LogP contribution in [-0.4, -0.2) is 31.3 Å². The molecule has 0 bridgehead atoms. The number of nitrogens with one attached hydrogen (secondary N) is 1. The van der Waals surface area contributed by atoms with Crippen molar-refractivity contribution in [3.8, 4) is 11.5 Å². The molecule has 0 radical (unpaired) electrons. The highest BCUT2D eigenvalue weighted by molar-refractivity contribution is 7.98. The highest BCUT2D eigenvalue weighted by Crippen LogP contribution is 2.25. The van der Waals surface area contributed by atoms with Gasteiger partial charge in [-0.15, -0.1) is 0 Å². The average molecular weight is 311 g/mol. The van der Waals surface area contributed by atoms with E-state index in [1.807, 2.05) is 23.9 Å². The van der Waals surface area contributed by atoms with E-state index in [4.69, 9.17) is 9.47 Å². The largest absolute Gasteiger partial charge is 0.493 e. The molecule has 0 aliphatic carbocycles. The summed E-state index contributed by atoms with van der Waals surface area (Å²) in [6.07, 6.45) is 4.20. The van der Waals surface area contributed by atoms with Gasteiger partial charge in [0.15, 0.2) is 0 Å². The van der Waals surface area contributed by atoms with Gasteiger partial charge in [-0.05, 0) is 30.9 Å². The van der Waals surface area contributed by atoms with Crippen molar-refractivity contribution in [2.45, 2.75) is 46.2 Å². The van der Waals surface area contributed by atoms with Crippen molar-refractivity contribution in [2.75, 3.05) is 25.2 Å². The number of thioether (sulfide) groups is 1. The first kappa shape index (κ1) is 18.2. The summed E-state index contributed by atoms with van der Waals surface area (Å²) >= 11 is 1.85. The molecule has 0 saturated carbocycles. The lowest BCUT2D eigenvalue weighted by atomic mass is 10.1. The second-order valence-corrected chi connectivity index (χ2v) is 6.33. The van der Waals surface area contributed by atoms with Crippen molar-refractivity contribution in [1.82, 2.24) is 5.32 Å². The molecule has 1 aromatic rings. The van der Waals surface area contributed by atoms with Gasteiger partial charge in [-0.3, -0.25) is 0 Å². The van der Waals surface area contributed by atoms with E-state index in [-0.39, 0.29) is 0 Å². The van der Waals surface area contributed by atoms with Crippen LogP contribution < -0.4 is 14.8 Å². The van der Waals surface area contributed by atoms with Crippen LogP contribution in [0.2, 0.25) is 0 Å². The Hall–Kier alpha value is -0.870. The lowest BCUT2D eigenvalue weighted by molar-refractivity contribution is 0.299. The van der Waals surface area contributed by atoms with Crippen molar-refractivity contribution < 1.29 is 9.47 Å². The topological polar surface area (TPSA) is 30.5 Å². The van der Waals surface area contributed by atoms with E-state index >= 15 is 0 Å². The zero-order valence-electron chi connectivity index (χ0n) is 13.8. The summed E-state index contributed by atoms with van der Waals surface area (Å²) in [5, 5.41) is 3.44. The van der Waals surface area contributed by atoms with Crippen LogP contribution in [-0.2, 0) is 6.54 Å². The lowest BCUT2D eigenvalue weighted by Gasteiger charge is -2.15. The summed E-state index contributed by atoms with van der Waals surface area (Å²) in [5.41, 5.74) is 1.19. The molecule has 3 nitrogen and oxygen atoms in total. The lowest BCUT2D eigenvalue weighted by Crippen LogP contribution is -2.22. The Kier molecular flexibility index (Phi) is 9.35. The summed E-state index contributed by atoms with van der Waals surface area (Å²) in [4.78, 5) is 0. The van der Waals surface area contributed by atoms with Gasteiger partial charge in [-0.2, -0.15) is 11.8 Å². The third kappa shape index (κ3) is 7.63. The molecule has 21 heavy (non-hydrogen) atoms. The Balaban J connectivity index is 2.69. The van der Waals surface area contributed by atoms with Crippen molar-refractivity contribution in [3.63, 3.8) is 0 Å². The van der Waals surface area contributed by atoms with Gasteiger partial charge in [0, 0.05) is 24.2 Å². The zero-order chi connectivity index (χ0) is 15.5. The molecule has 0 amide bonds. The molecule has 0 spiro atoms. The van der Waals surface area contributed by atoms with Gasteiger partial charge in [0.25, 0.3) is 0 Å². The molecule has 120 valence electrons. The van der Waals surface area contributed by atoms with E-state index in [0.717, 1.165) is 49.9 Å². The van der Waals surface area contributed by atoms with E-state index < -0.39 is 0 Å². The molecule has 0 saturated heterocycles. The summed E-state index contributed by atoms with van der Waals surface area (Å²) in [6, 6.07) is 6.61. The third-order valence-electron chi connectivity index (χ3n) is 2.96. The number of rotatable bonds is 11. The Morgan fingerprint density at radius 3 is 2.67 bits per heavy atom. The van der Waals surface area contributed by atoms with Crippen molar-refractivity contribution >= 4 is 11.8 Å². The van der Waals surface area contributed by atoms with Gasteiger partial charge in [0.2, 0.25) is 0 Å². The predicted octanol–water partition coefficient (Wildman–Crippen LogP) is 4.11. The third-order valence-corrected chi connectivity index (χ3v) is 3.66. The Bertz CT molecular complexity index is 396. The molecule has 4 heteroatoms. The zero-order valence-corrected chi connectivity index (χ0v) is 14.6. The molecule has 0 fully saturated rings. The highest BCUT2D eigenvalue weighted by Gasteiger charge is 2.07. The quantitative estimate of drug-likeness (QED) is 0.623. The summed E-state index contributed by atoms with van der Waals surface area (Å²) in [5.74, 6) is 2.97. The first-order valence-electron chi connectivity index (χ1n) is 7.78. The van der Waals surface area contributed by atoms with E-state index in [1.165, 1.54) is 5.56 Å². The Morgan fingerprint density at radius 1 is 1.19 bits per heavy atom. The molecular formula is C17H29NO2S. The second-order valence-electron chi connectivity index (χ2n) is 5.35. The first-order chi connectivity index (χ1) is 10.2. The number of hydrogen-bond acceptors (Lipinski definition) is 4. The molecular weight excluding hydrogens is 282 g/mol. The smallest absolute Gasteiger partial charge is 0.127 e. The fourth-order valence-corrected chi connectivity index (χ4v) is 2.23. The number of hydrogen-bond donors (Lipinski definition) is 1. The first-order valence-corrected chi connectivity index (χ1v) is 9.17. The Morgan fingerprint density at radius 2 is 2.00 bits per heavy atom. The minimum absolute atomic E-state index is 0.463. The summed E-state index contributed by atoms with van der Waals surface area (Å²) < 4.78 is 11.7. The maximum Gasteiger partial charge on any atom is 0.127 e. The minimum atomic E-state index is 0.463. The van der Waals surface area contributed by atoms with Crippen molar-refractivity contribution in [2.24, 2.45) is 0 Å². The van der Waals surface area contributed by atoms with Gasteiger partial charge in [0.1, 0.15) is 11.5 Å². The molecule has 0 atom stereocenters. The fraction of sp³-hybridized carbons (Fsp3) is 0.647. The van der Waals surface area contributed by atoms with Gasteiger partial charge >= 0.3 is 0 Å². The summed E-state index contributed by atoms with van der Waals surface area (Å²) in [6.45, 7) is 8.74. The monoisotopic (exact) mass is 311 g/mol. The predicted molar refractivity (Wildman–Crippen MR) is 92.7 cm³/mol. The van der Waals surface area contributed by atoms with Crippen LogP contribution in [0.4, 0.5) is 0 Å². The highest BCUT2D eigenvalue weighted by atomic mass is 32.2. The van der Waals surface area contributed by atoms with Crippen molar-refractivity contribution in [1.29, 1.82) is 0 Å². The molecule has 1 rings (SSSR count). The van der Waals surface area contributed by atoms with Crippen LogP contribution in [0, 0.1) is 0 Å². The van der Waals surface area contributed by atoms with Gasteiger partial charge in [0.05, 0.1) is 13.2 Å². The van der Waals surface area contributed by atoms with E-state index in [2.05, 4.69) is 38.4 Å². The molecule has 1 aromatic carbocycles. The van der Waals surface area contributed by atoms with Gasteiger partial charge < -0.3 is 14.8 Å². The average Bonchev–Trinajstić information content (AvgIpc) is 2.48. The molecule has 0 aromatic heterocycles. The maximum atomic E-state index is 5.96. The molecule has 0 aliphatic rings. The van der Waals surface area contributed by atoms with Gasteiger partial charge in [-0.1, -0.05) is 26.8 Å². The van der Waals surface area contributed by atoms with Crippen LogP contribution in [0.25, 0.3) is 0 Å². The van der Waals surface area contributed by atoms with Gasteiger partial charge in [-0.25, -0.2) is 0 Å². The van der Waals surface area contributed by atoms with Crippen LogP contribution >= 0.6 is 11.8 Å². The fourth-order valence-electron chi connectivity index (χ4n) is 1.82. The van der Waals surface area contributed by atoms with E-state index in [9.17, 15) is 0 Å². The molecule has 1 N–H and O–H groups in total. The van der Waals surface area contributed by atoms with Crippen LogP contribution in [0.3, 0.4) is 0 Å².